The van der Waals surface area contributed by atoms with Crippen LogP contribution in [0.15, 0.2) is 45.8 Å². The Bertz CT molecular complexity index is 764. The average Bonchev–Trinajstić information content (AvgIpc) is 2.44. The van der Waals surface area contributed by atoms with Gasteiger partial charge in [-0.3, -0.25) is 4.72 Å². The lowest BCUT2D eigenvalue weighted by Gasteiger charge is -2.10. The predicted molar refractivity (Wildman–Crippen MR) is 83.9 cm³/mol. The van der Waals surface area contributed by atoms with Crippen LogP contribution in [0.1, 0.15) is 5.56 Å². The van der Waals surface area contributed by atoms with E-state index in [1.807, 2.05) is 0 Å². The summed E-state index contributed by atoms with van der Waals surface area (Å²) >= 11 is 6.14. The Morgan fingerprint density at radius 3 is 2.24 bits per heavy atom. The van der Waals surface area contributed by atoms with Crippen molar-refractivity contribution in [2.75, 3.05) is 4.72 Å². The molecule has 2 aromatic carbocycles. The summed E-state index contributed by atoms with van der Waals surface area (Å²) < 4.78 is 53.1. The molecule has 0 aliphatic rings. The number of sulfonamides is 1. The van der Waals surface area contributed by atoms with Gasteiger partial charge in [0.15, 0.2) is 0 Å². The average molecular weight is 441 g/mol. The minimum absolute atomic E-state index is 0.00736. The number of hydrogen-bond donors (Lipinski definition) is 1. The highest BCUT2D eigenvalue weighted by Crippen LogP contribution is 2.26. The molecule has 0 unspecified atom stereocenters. The molecule has 0 spiro atoms. The van der Waals surface area contributed by atoms with E-state index in [1.54, 1.807) is 12.1 Å². The highest BCUT2D eigenvalue weighted by atomic mass is 79.9. The molecule has 0 heterocycles. The molecule has 0 radical (unpaired) electrons. The van der Waals surface area contributed by atoms with E-state index in [2.05, 4.69) is 36.6 Å². The van der Waals surface area contributed by atoms with Gasteiger partial charge in [0, 0.05) is 11.4 Å². The normalized spacial score (nSPS) is 11.4. The third kappa shape index (κ3) is 3.81. The molecule has 0 amide bonds. The van der Waals surface area contributed by atoms with E-state index in [4.69, 9.17) is 0 Å². The summed E-state index contributed by atoms with van der Waals surface area (Å²) in [7, 11) is -3.94. The molecule has 0 aliphatic heterocycles. The van der Waals surface area contributed by atoms with Crippen molar-refractivity contribution in [3.8, 4) is 0 Å². The zero-order valence-corrected chi connectivity index (χ0v) is 14.4. The molecular weight excluding hydrogens is 432 g/mol. The van der Waals surface area contributed by atoms with Crippen molar-refractivity contribution in [1.29, 1.82) is 0 Å². The summed E-state index contributed by atoms with van der Waals surface area (Å²) in [6.45, 7) is 0. The van der Waals surface area contributed by atoms with Crippen molar-refractivity contribution in [3.63, 3.8) is 0 Å². The van der Waals surface area contributed by atoms with Crippen LogP contribution in [0.4, 0.5) is 14.5 Å². The van der Waals surface area contributed by atoms with Crippen molar-refractivity contribution in [2.45, 2.75) is 10.2 Å². The summed E-state index contributed by atoms with van der Waals surface area (Å²) in [5.41, 5.74) is 0.581. The SMILES string of the molecule is O=S(=O)(Nc1cc(Br)c(F)cc1F)c1ccc(CBr)cc1. The maximum absolute atomic E-state index is 13.6. The fraction of sp³-hybridized carbons (Fsp3) is 0.0769. The fourth-order valence-corrected chi connectivity index (χ4v) is 3.34. The fourth-order valence-electron chi connectivity index (χ4n) is 1.56. The van der Waals surface area contributed by atoms with Gasteiger partial charge in [-0.15, -0.1) is 0 Å². The Kier molecular flexibility index (Phi) is 5.00. The summed E-state index contributed by atoms with van der Waals surface area (Å²) in [5, 5.41) is 0.598. The molecule has 0 saturated heterocycles. The maximum Gasteiger partial charge on any atom is 0.261 e. The molecule has 2 aromatic rings. The second-order valence-corrected chi connectivity index (χ2v) is 7.23. The van der Waals surface area contributed by atoms with E-state index in [0.717, 1.165) is 11.6 Å². The van der Waals surface area contributed by atoms with Gasteiger partial charge in [-0.1, -0.05) is 28.1 Å². The van der Waals surface area contributed by atoms with Crippen LogP contribution < -0.4 is 4.72 Å². The van der Waals surface area contributed by atoms with Crippen molar-refractivity contribution in [2.24, 2.45) is 0 Å². The molecule has 0 aliphatic carbocycles. The Morgan fingerprint density at radius 1 is 1.05 bits per heavy atom. The third-order valence-electron chi connectivity index (χ3n) is 2.64. The van der Waals surface area contributed by atoms with E-state index in [1.165, 1.54) is 12.1 Å². The van der Waals surface area contributed by atoms with E-state index in [9.17, 15) is 17.2 Å². The first-order chi connectivity index (χ1) is 9.83. The smallest absolute Gasteiger partial charge is 0.261 e. The van der Waals surface area contributed by atoms with Crippen molar-refractivity contribution >= 4 is 47.6 Å². The molecule has 0 aromatic heterocycles. The molecule has 1 N–H and O–H groups in total. The first-order valence-corrected chi connectivity index (χ1v) is 9.05. The predicted octanol–water partition coefficient (Wildman–Crippen LogP) is 4.42. The molecule has 21 heavy (non-hydrogen) atoms. The minimum atomic E-state index is -3.94. The molecule has 0 fully saturated rings. The summed E-state index contributed by atoms with van der Waals surface area (Å²) in [6, 6.07) is 7.75. The van der Waals surface area contributed by atoms with Gasteiger partial charge < -0.3 is 0 Å². The van der Waals surface area contributed by atoms with Gasteiger partial charge in [0.05, 0.1) is 15.1 Å². The van der Waals surface area contributed by atoms with Crippen LogP contribution in [0.5, 0.6) is 0 Å². The van der Waals surface area contributed by atoms with Crippen molar-refractivity contribution in [3.05, 3.63) is 58.1 Å². The Hall–Kier alpha value is -0.990. The lowest BCUT2D eigenvalue weighted by Crippen LogP contribution is -2.14. The zero-order chi connectivity index (χ0) is 15.6. The van der Waals surface area contributed by atoms with Crippen LogP contribution in [-0.4, -0.2) is 8.42 Å². The van der Waals surface area contributed by atoms with Gasteiger partial charge in [-0.25, -0.2) is 17.2 Å². The lowest BCUT2D eigenvalue weighted by molar-refractivity contribution is 0.579. The van der Waals surface area contributed by atoms with Crippen LogP contribution in [-0.2, 0) is 15.4 Å². The van der Waals surface area contributed by atoms with E-state index in [0.29, 0.717) is 11.4 Å². The Morgan fingerprint density at radius 2 is 1.67 bits per heavy atom. The van der Waals surface area contributed by atoms with E-state index in [-0.39, 0.29) is 15.1 Å². The second kappa shape index (κ2) is 6.41. The van der Waals surface area contributed by atoms with Crippen LogP contribution in [0.25, 0.3) is 0 Å². The van der Waals surface area contributed by atoms with Crippen LogP contribution in [0, 0.1) is 11.6 Å². The lowest BCUT2D eigenvalue weighted by atomic mass is 10.2. The van der Waals surface area contributed by atoms with Crippen LogP contribution in [0.2, 0.25) is 0 Å². The van der Waals surface area contributed by atoms with E-state index >= 15 is 0 Å². The largest absolute Gasteiger partial charge is 0.277 e. The molecule has 2 rings (SSSR count). The van der Waals surface area contributed by atoms with Gasteiger partial charge in [0.1, 0.15) is 11.6 Å². The number of nitrogens with one attached hydrogen (secondary N) is 1. The van der Waals surface area contributed by atoms with E-state index < -0.39 is 21.7 Å². The van der Waals surface area contributed by atoms with Crippen LogP contribution in [0.3, 0.4) is 0 Å². The molecule has 3 nitrogen and oxygen atoms in total. The molecule has 0 saturated carbocycles. The number of benzene rings is 2. The third-order valence-corrected chi connectivity index (χ3v) is 5.28. The summed E-state index contributed by atoms with van der Waals surface area (Å²) in [4.78, 5) is -0.00736. The summed E-state index contributed by atoms with van der Waals surface area (Å²) in [5.74, 6) is -1.80. The molecular formula is C13H9Br2F2NO2S. The van der Waals surface area contributed by atoms with Gasteiger partial charge in [0.2, 0.25) is 0 Å². The molecule has 0 atom stereocenters. The topological polar surface area (TPSA) is 46.2 Å². The van der Waals surface area contributed by atoms with Crippen molar-refractivity contribution in [1.82, 2.24) is 0 Å². The molecule has 112 valence electrons. The number of alkyl halides is 1. The van der Waals surface area contributed by atoms with Gasteiger partial charge in [-0.05, 0) is 39.7 Å². The Balaban J connectivity index is 2.34. The van der Waals surface area contributed by atoms with Gasteiger partial charge in [-0.2, -0.15) is 0 Å². The van der Waals surface area contributed by atoms with Crippen molar-refractivity contribution < 1.29 is 17.2 Å². The molecule has 8 heteroatoms. The van der Waals surface area contributed by atoms with Gasteiger partial charge in [0.25, 0.3) is 10.0 Å². The first kappa shape index (κ1) is 16.4. The minimum Gasteiger partial charge on any atom is -0.277 e. The highest BCUT2D eigenvalue weighted by molar-refractivity contribution is 9.10. The number of anilines is 1. The quantitative estimate of drug-likeness (QED) is 0.564. The maximum atomic E-state index is 13.6. The first-order valence-electron chi connectivity index (χ1n) is 5.66. The van der Waals surface area contributed by atoms with Gasteiger partial charge >= 0.3 is 0 Å². The zero-order valence-electron chi connectivity index (χ0n) is 10.4. The summed E-state index contributed by atoms with van der Waals surface area (Å²) in [6.07, 6.45) is 0. The standard InChI is InChI=1S/C13H9Br2F2NO2S/c14-7-8-1-3-9(4-2-8)21(19,20)18-13-5-10(15)11(16)6-12(13)17/h1-6,18H,7H2. The number of rotatable bonds is 4. The second-order valence-electron chi connectivity index (χ2n) is 4.13. The number of halogens is 4. The van der Waals surface area contributed by atoms with Crippen LogP contribution >= 0.6 is 31.9 Å². The Labute approximate surface area is 137 Å². The number of hydrogen-bond acceptors (Lipinski definition) is 2. The highest BCUT2D eigenvalue weighted by Gasteiger charge is 2.17. The molecule has 0 bridgehead atoms. The monoisotopic (exact) mass is 439 g/mol.